The molecule has 0 bridgehead atoms. The molecule has 1 saturated heterocycles. The maximum absolute atomic E-state index is 13.7. The van der Waals surface area contributed by atoms with Gasteiger partial charge in [0.2, 0.25) is 12.2 Å². The fourth-order valence-electron chi connectivity index (χ4n) is 4.28. The first-order valence-corrected chi connectivity index (χ1v) is 12.6. The van der Waals surface area contributed by atoms with Crippen LogP contribution in [0.25, 0.3) is 22.6 Å². The summed E-state index contributed by atoms with van der Waals surface area (Å²) >= 11 is 0. The van der Waals surface area contributed by atoms with Crippen molar-refractivity contribution in [1.82, 2.24) is 24.9 Å². The quantitative estimate of drug-likeness (QED) is 0.226. The molecule has 0 amide bonds. The molecule has 5 rings (SSSR count). The number of carbonyl (C=O) groups is 1. The number of halogens is 1. The topological polar surface area (TPSA) is 159 Å². The summed E-state index contributed by atoms with van der Waals surface area (Å²) in [6, 6.07) is 11.2. The minimum absolute atomic E-state index is 0.00584. The zero-order chi connectivity index (χ0) is 28.3. The predicted molar refractivity (Wildman–Crippen MR) is 144 cm³/mol. The second kappa shape index (κ2) is 11.4. The van der Waals surface area contributed by atoms with Gasteiger partial charge in [0, 0.05) is 36.3 Å². The zero-order valence-corrected chi connectivity index (χ0v) is 21.9. The van der Waals surface area contributed by atoms with E-state index >= 15 is 0 Å². The van der Waals surface area contributed by atoms with Gasteiger partial charge in [-0.05, 0) is 56.3 Å². The first-order valence-electron chi connectivity index (χ1n) is 12.6. The number of pyridine rings is 1. The van der Waals surface area contributed by atoms with Gasteiger partial charge in [-0.25, -0.2) is 19.3 Å². The van der Waals surface area contributed by atoms with Crippen LogP contribution in [0.1, 0.15) is 32.4 Å². The van der Waals surface area contributed by atoms with Crippen LogP contribution in [-0.2, 0) is 14.3 Å². The van der Waals surface area contributed by atoms with Crippen molar-refractivity contribution < 1.29 is 23.8 Å². The number of benzene rings is 1. The highest BCUT2D eigenvalue weighted by atomic mass is 19.1. The van der Waals surface area contributed by atoms with Crippen molar-refractivity contribution in [1.29, 1.82) is 5.41 Å². The Kier molecular flexibility index (Phi) is 7.74. The number of imidazole rings is 1. The Hall–Kier alpha value is -4.39. The molecule has 1 aliphatic rings. The molecule has 0 aliphatic carbocycles. The lowest BCUT2D eigenvalue weighted by molar-refractivity contribution is -0.228. The molecular formula is C28H28FN7O4. The molecule has 12 heteroatoms. The molecule has 0 spiro atoms. The van der Waals surface area contributed by atoms with Crippen LogP contribution in [0.3, 0.4) is 0 Å². The fourth-order valence-corrected chi connectivity index (χ4v) is 4.28. The van der Waals surface area contributed by atoms with Crippen molar-refractivity contribution in [3.8, 4) is 22.6 Å². The number of ether oxygens (including phenoxy) is 2. The van der Waals surface area contributed by atoms with E-state index in [0.717, 1.165) is 5.69 Å². The van der Waals surface area contributed by atoms with Gasteiger partial charge in [-0.2, -0.15) is 0 Å². The van der Waals surface area contributed by atoms with E-state index in [9.17, 15) is 14.3 Å². The van der Waals surface area contributed by atoms with E-state index in [1.807, 2.05) is 0 Å². The average molecular weight is 546 g/mol. The number of H-pyrrole nitrogens is 1. The monoisotopic (exact) mass is 545 g/mol. The Morgan fingerprint density at radius 2 is 1.85 bits per heavy atom. The molecule has 206 valence electrons. The van der Waals surface area contributed by atoms with E-state index in [1.54, 1.807) is 55.8 Å². The lowest BCUT2D eigenvalue weighted by atomic mass is 9.83. The number of nitrogens with one attached hydrogen (secondary N) is 3. The Bertz CT molecular complexity index is 1500. The standard InChI is InChI=1S/C28H28FN7O4/c1-16(37)13-20(30)24(38)28(2)14-39-26(40-15-28)25-35-22(17-3-5-18(29)6-4-17)23(36-25)21-9-12-32-27(34-21)33-19-7-10-31-11-8-19/h3-12,16,26,30,37H,13-15H2,1-2H3,(H,35,36)(H,31,32,33,34). The number of ketones is 1. The van der Waals surface area contributed by atoms with Crippen molar-refractivity contribution in [2.24, 2.45) is 5.41 Å². The van der Waals surface area contributed by atoms with Gasteiger partial charge in [0.1, 0.15) is 5.82 Å². The molecule has 4 aromatic rings. The Morgan fingerprint density at radius 1 is 1.15 bits per heavy atom. The third-order valence-corrected chi connectivity index (χ3v) is 6.34. The van der Waals surface area contributed by atoms with Gasteiger partial charge in [-0.3, -0.25) is 9.78 Å². The van der Waals surface area contributed by atoms with Gasteiger partial charge >= 0.3 is 0 Å². The molecule has 3 aromatic heterocycles. The summed E-state index contributed by atoms with van der Waals surface area (Å²) in [5.41, 5.74) is 1.71. The van der Waals surface area contributed by atoms with E-state index < -0.39 is 23.6 Å². The number of carbonyl (C=O) groups excluding carboxylic acids is 1. The Morgan fingerprint density at radius 3 is 2.52 bits per heavy atom. The number of aliphatic hydroxyl groups is 1. The molecular weight excluding hydrogens is 517 g/mol. The van der Waals surface area contributed by atoms with Gasteiger partial charge in [0.25, 0.3) is 0 Å². The van der Waals surface area contributed by atoms with E-state index in [4.69, 9.17) is 19.9 Å². The predicted octanol–water partition coefficient (Wildman–Crippen LogP) is 4.22. The first kappa shape index (κ1) is 27.2. The van der Waals surface area contributed by atoms with E-state index in [0.29, 0.717) is 34.4 Å². The largest absolute Gasteiger partial charge is 0.393 e. The summed E-state index contributed by atoms with van der Waals surface area (Å²) in [5, 5.41) is 20.7. The summed E-state index contributed by atoms with van der Waals surface area (Å²) < 4.78 is 25.5. The SMILES string of the molecule is CC(O)CC(=N)C(=O)C1(C)COC(c2nc(-c3ccc(F)cc3)c(-c3ccnc(Nc4ccncc4)n3)[nH]2)OC1. The number of aromatic amines is 1. The Balaban J connectivity index is 1.43. The molecule has 0 radical (unpaired) electrons. The summed E-state index contributed by atoms with van der Waals surface area (Å²) in [7, 11) is 0. The third kappa shape index (κ3) is 5.93. The van der Waals surface area contributed by atoms with Crippen molar-refractivity contribution >= 4 is 23.1 Å². The molecule has 1 aromatic carbocycles. The van der Waals surface area contributed by atoms with Gasteiger partial charge in [0.05, 0.1) is 47.5 Å². The third-order valence-electron chi connectivity index (χ3n) is 6.34. The maximum Gasteiger partial charge on any atom is 0.227 e. The van der Waals surface area contributed by atoms with Gasteiger partial charge in [-0.1, -0.05) is 0 Å². The summed E-state index contributed by atoms with van der Waals surface area (Å²) in [4.78, 5) is 33.7. The van der Waals surface area contributed by atoms with Gasteiger partial charge in [0.15, 0.2) is 11.6 Å². The number of aliphatic hydroxyl groups excluding tert-OH is 1. The number of hydrogen-bond acceptors (Lipinski definition) is 10. The van der Waals surface area contributed by atoms with Crippen molar-refractivity contribution in [2.75, 3.05) is 18.5 Å². The zero-order valence-electron chi connectivity index (χ0n) is 21.9. The Labute approximate surface area is 229 Å². The molecule has 1 aliphatic heterocycles. The number of hydrogen-bond donors (Lipinski definition) is 4. The molecule has 0 saturated carbocycles. The average Bonchev–Trinajstić information content (AvgIpc) is 3.39. The summed E-state index contributed by atoms with van der Waals surface area (Å²) in [5.74, 6) is -0.126. The normalized spacial score (nSPS) is 19.6. The van der Waals surface area contributed by atoms with Crippen LogP contribution in [0.15, 0.2) is 61.1 Å². The molecule has 4 heterocycles. The fraction of sp³-hybridized carbons (Fsp3) is 0.286. The van der Waals surface area contributed by atoms with E-state index in [1.165, 1.54) is 19.1 Å². The highest BCUT2D eigenvalue weighted by Crippen LogP contribution is 2.36. The minimum Gasteiger partial charge on any atom is -0.393 e. The first-order chi connectivity index (χ1) is 19.2. The van der Waals surface area contributed by atoms with Crippen LogP contribution < -0.4 is 5.32 Å². The van der Waals surface area contributed by atoms with Gasteiger partial charge in [-0.15, -0.1) is 0 Å². The van der Waals surface area contributed by atoms with Crippen LogP contribution in [-0.4, -0.2) is 60.8 Å². The molecule has 1 atom stereocenters. The second-order valence-electron chi connectivity index (χ2n) is 9.85. The molecule has 11 nitrogen and oxygen atoms in total. The van der Waals surface area contributed by atoms with Crippen LogP contribution in [0.4, 0.5) is 16.0 Å². The van der Waals surface area contributed by atoms with Crippen LogP contribution in [0, 0.1) is 16.6 Å². The smallest absolute Gasteiger partial charge is 0.227 e. The van der Waals surface area contributed by atoms with Gasteiger partial charge < -0.3 is 30.3 Å². The number of rotatable bonds is 9. The van der Waals surface area contributed by atoms with E-state index in [2.05, 4.69) is 25.3 Å². The summed E-state index contributed by atoms with van der Waals surface area (Å²) in [6.07, 6.45) is 3.14. The maximum atomic E-state index is 13.7. The minimum atomic E-state index is -1.07. The summed E-state index contributed by atoms with van der Waals surface area (Å²) in [6.45, 7) is 3.18. The highest BCUT2D eigenvalue weighted by Gasteiger charge is 2.42. The molecule has 4 N–H and O–H groups in total. The molecule has 1 unspecified atom stereocenters. The lowest BCUT2D eigenvalue weighted by Gasteiger charge is -2.35. The van der Waals surface area contributed by atoms with Crippen LogP contribution in [0.5, 0.6) is 0 Å². The lowest BCUT2D eigenvalue weighted by Crippen LogP contribution is -2.46. The number of anilines is 2. The second-order valence-corrected chi connectivity index (χ2v) is 9.85. The number of Topliss-reactive ketones (excluding diaryl/α,β-unsaturated/α-hetero) is 1. The van der Waals surface area contributed by atoms with Crippen molar-refractivity contribution in [3.05, 3.63) is 72.7 Å². The number of nitrogens with zero attached hydrogens (tertiary/aromatic N) is 4. The molecule has 40 heavy (non-hydrogen) atoms. The van der Waals surface area contributed by atoms with Crippen LogP contribution in [0.2, 0.25) is 0 Å². The highest BCUT2D eigenvalue weighted by molar-refractivity contribution is 6.40. The van der Waals surface area contributed by atoms with Crippen molar-refractivity contribution in [3.63, 3.8) is 0 Å². The van der Waals surface area contributed by atoms with E-state index in [-0.39, 0.29) is 31.2 Å². The number of aromatic nitrogens is 5. The van der Waals surface area contributed by atoms with Crippen LogP contribution >= 0.6 is 0 Å². The molecule has 1 fully saturated rings. The van der Waals surface area contributed by atoms with Crippen molar-refractivity contribution in [2.45, 2.75) is 32.7 Å².